The smallest absolute Gasteiger partial charge is 0.138 e. The molecule has 4 nitrogen and oxygen atoms in total. The first-order valence-electron chi connectivity index (χ1n) is 6.41. The molecule has 19 heavy (non-hydrogen) atoms. The van der Waals surface area contributed by atoms with Crippen molar-refractivity contribution < 1.29 is 0 Å². The van der Waals surface area contributed by atoms with Crippen LogP contribution in [-0.4, -0.2) is 9.55 Å². The van der Waals surface area contributed by atoms with Crippen molar-refractivity contribution in [2.45, 2.75) is 32.5 Å². The molecule has 0 aliphatic rings. The van der Waals surface area contributed by atoms with E-state index in [4.69, 9.17) is 0 Å². The summed E-state index contributed by atoms with van der Waals surface area (Å²) in [6.45, 7) is 4.83. The van der Waals surface area contributed by atoms with Crippen molar-refractivity contribution in [2.24, 2.45) is 0 Å². The summed E-state index contributed by atoms with van der Waals surface area (Å²) < 4.78 is 2.02. The predicted octanol–water partition coefficient (Wildman–Crippen LogP) is 2.82. The highest BCUT2D eigenvalue weighted by Crippen LogP contribution is 2.17. The monoisotopic (exact) mass is 254 g/mol. The largest absolute Gasteiger partial charge is 0.330 e. The zero-order valence-electron chi connectivity index (χ0n) is 11.2. The second kappa shape index (κ2) is 6.17. The second-order valence-corrected chi connectivity index (χ2v) is 4.75. The Hall–Kier alpha value is -2.12. The number of nitrogens with zero attached hydrogens (tertiary/aromatic N) is 3. The summed E-state index contributed by atoms with van der Waals surface area (Å²) >= 11 is 0. The molecule has 4 heteroatoms. The van der Waals surface area contributed by atoms with E-state index in [1.165, 1.54) is 5.56 Å². The fraction of sp³-hybridized carbons (Fsp3) is 0.333. The van der Waals surface area contributed by atoms with E-state index in [2.05, 4.69) is 30.2 Å². The summed E-state index contributed by atoms with van der Waals surface area (Å²) in [4.78, 5) is 4.14. The molecular weight excluding hydrogens is 236 g/mol. The summed E-state index contributed by atoms with van der Waals surface area (Å²) in [7, 11) is 0. The Kier molecular flexibility index (Phi) is 4.32. The van der Waals surface area contributed by atoms with E-state index < -0.39 is 0 Å². The highest BCUT2D eigenvalue weighted by atomic mass is 15.1. The van der Waals surface area contributed by atoms with E-state index in [1.54, 1.807) is 12.5 Å². The molecule has 0 bridgehead atoms. The number of imidazole rings is 1. The third-order valence-corrected chi connectivity index (χ3v) is 3.03. The molecule has 0 fully saturated rings. The molecule has 0 aliphatic heterocycles. The minimum absolute atomic E-state index is 0.298. The van der Waals surface area contributed by atoms with Crippen LogP contribution in [-0.2, 0) is 6.54 Å². The van der Waals surface area contributed by atoms with Crippen LogP contribution in [0.3, 0.4) is 0 Å². The van der Waals surface area contributed by atoms with Gasteiger partial charge in [-0.05, 0) is 19.4 Å². The number of rotatable bonds is 5. The van der Waals surface area contributed by atoms with E-state index >= 15 is 0 Å². The van der Waals surface area contributed by atoms with Gasteiger partial charge in [0.1, 0.15) is 6.04 Å². The fourth-order valence-electron chi connectivity index (χ4n) is 2.00. The summed E-state index contributed by atoms with van der Waals surface area (Å²) in [6.07, 6.45) is 3.53. The van der Waals surface area contributed by atoms with Gasteiger partial charge in [-0.1, -0.05) is 30.3 Å². The lowest BCUT2D eigenvalue weighted by Gasteiger charge is -2.16. The van der Waals surface area contributed by atoms with Crippen molar-refractivity contribution in [2.75, 3.05) is 0 Å². The Bertz CT molecular complexity index is 551. The van der Waals surface area contributed by atoms with Gasteiger partial charge in [-0.2, -0.15) is 5.26 Å². The van der Waals surface area contributed by atoms with Crippen molar-refractivity contribution in [3.05, 3.63) is 54.1 Å². The van der Waals surface area contributed by atoms with Crippen LogP contribution in [0.25, 0.3) is 0 Å². The second-order valence-electron chi connectivity index (χ2n) is 4.75. The number of hydrogen-bond acceptors (Lipinski definition) is 3. The molecule has 1 unspecified atom stereocenters. The molecule has 1 aromatic heterocycles. The molecule has 1 heterocycles. The van der Waals surface area contributed by atoms with Gasteiger partial charge in [-0.15, -0.1) is 0 Å². The summed E-state index contributed by atoms with van der Waals surface area (Å²) in [5.74, 6) is 0. The van der Waals surface area contributed by atoms with Crippen molar-refractivity contribution in [1.29, 1.82) is 5.26 Å². The summed E-state index contributed by atoms with van der Waals surface area (Å²) in [5, 5.41) is 12.6. The van der Waals surface area contributed by atoms with Crippen LogP contribution in [0.5, 0.6) is 0 Å². The third-order valence-electron chi connectivity index (χ3n) is 3.03. The van der Waals surface area contributed by atoms with Crippen LogP contribution >= 0.6 is 0 Å². The highest BCUT2D eigenvalue weighted by molar-refractivity contribution is 5.18. The number of nitriles is 1. The van der Waals surface area contributed by atoms with Gasteiger partial charge < -0.3 is 4.57 Å². The zero-order chi connectivity index (χ0) is 13.7. The van der Waals surface area contributed by atoms with E-state index in [0.717, 1.165) is 5.69 Å². The fourth-order valence-corrected chi connectivity index (χ4v) is 2.00. The molecule has 2 rings (SSSR count). The van der Waals surface area contributed by atoms with E-state index in [-0.39, 0.29) is 6.04 Å². The maximum atomic E-state index is 9.33. The molecule has 98 valence electrons. The van der Waals surface area contributed by atoms with Gasteiger partial charge in [0.05, 0.1) is 24.3 Å². The Morgan fingerprint density at radius 1 is 1.32 bits per heavy atom. The lowest BCUT2D eigenvalue weighted by Crippen LogP contribution is -2.22. The standard InChI is InChI=1S/C15H18N4/c1-12(2)19-11-17-10-15(19)14(8-16)18-9-13-6-4-3-5-7-13/h3-7,10-12,14,18H,9H2,1-2H3. The quantitative estimate of drug-likeness (QED) is 0.892. The Morgan fingerprint density at radius 2 is 2.05 bits per heavy atom. The molecule has 0 aliphatic carbocycles. The van der Waals surface area contributed by atoms with Crippen LogP contribution in [0.15, 0.2) is 42.9 Å². The number of nitrogens with one attached hydrogen (secondary N) is 1. The maximum absolute atomic E-state index is 9.33. The van der Waals surface area contributed by atoms with Gasteiger partial charge in [-0.25, -0.2) is 4.98 Å². The molecule has 0 spiro atoms. The van der Waals surface area contributed by atoms with Crippen molar-refractivity contribution >= 4 is 0 Å². The normalized spacial score (nSPS) is 12.3. The Balaban J connectivity index is 2.09. The van der Waals surface area contributed by atoms with Crippen molar-refractivity contribution in [1.82, 2.24) is 14.9 Å². The van der Waals surface area contributed by atoms with Crippen LogP contribution in [0.4, 0.5) is 0 Å². The average molecular weight is 254 g/mol. The summed E-state index contributed by atoms with van der Waals surface area (Å²) in [6, 6.07) is 12.3. The van der Waals surface area contributed by atoms with Crippen LogP contribution in [0.2, 0.25) is 0 Å². The minimum atomic E-state index is -0.342. The number of aromatic nitrogens is 2. The highest BCUT2D eigenvalue weighted by Gasteiger charge is 2.16. The molecule has 0 saturated heterocycles. The van der Waals surface area contributed by atoms with Gasteiger partial charge in [-0.3, -0.25) is 5.32 Å². The lowest BCUT2D eigenvalue weighted by atomic mass is 10.2. The van der Waals surface area contributed by atoms with Crippen molar-refractivity contribution in [3.8, 4) is 6.07 Å². The van der Waals surface area contributed by atoms with Crippen LogP contribution < -0.4 is 5.32 Å². The molecule has 1 atom stereocenters. The van der Waals surface area contributed by atoms with Crippen LogP contribution in [0.1, 0.15) is 37.2 Å². The minimum Gasteiger partial charge on any atom is -0.330 e. The Morgan fingerprint density at radius 3 is 2.68 bits per heavy atom. The number of benzene rings is 1. The zero-order valence-corrected chi connectivity index (χ0v) is 11.2. The SMILES string of the molecule is CC(C)n1cncc1C(C#N)NCc1ccccc1. The first-order chi connectivity index (χ1) is 9.22. The molecule has 0 radical (unpaired) electrons. The molecule has 0 amide bonds. The lowest BCUT2D eigenvalue weighted by molar-refractivity contribution is 0.526. The predicted molar refractivity (Wildman–Crippen MR) is 74.2 cm³/mol. The summed E-state index contributed by atoms with van der Waals surface area (Å²) in [5.41, 5.74) is 2.08. The number of hydrogen-bond donors (Lipinski definition) is 1. The van der Waals surface area contributed by atoms with Gasteiger partial charge in [0, 0.05) is 12.6 Å². The van der Waals surface area contributed by atoms with Crippen molar-refractivity contribution in [3.63, 3.8) is 0 Å². The van der Waals surface area contributed by atoms with Crippen LogP contribution in [0, 0.1) is 11.3 Å². The Labute approximate surface area is 113 Å². The van der Waals surface area contributed by atoms with E-state index in [9.17, 15) is 5.26 Å². The third kappa shape index (κ3) is 3.21. The first-order valence-corrected chi connectivity index (χ1v) is 6.41. The van der Waals surface area contributed by atoms with Gasteiger partial charge in [0.25, 0.3) is 0 Å². The first kappa shape index (κ1) is 13.3. The maximum Gasteiger partial charge on any atom is 0.138 e. The van der Waals surface area contributed by atoms with Gasteiger partial charge >= 0.3 is 0 Å². The topological polar surface area (TPSA) is 53.6 Å². The van der Waals surface area contributed by atoms with E-state index in [0.29, 0.717) is 12.6 Å². The van der Waals surface area contributed by atoms with E-state index in [1.807, 2.05) is 34.9 Å². The van der Waals surface area contributed by atoms with Gasteiger partial charge in [0.15, 0.2) is 0 Å². The van der Waals surface area contributed by atoms with Gasteiger partial charge in [0.2, 0.25) is 0 Å². The molecule has 1 N–H and O–H groups in total. The molecule has 0 saturated carbocycles. The molecule has 1 aromatic carbocycles. The average Bonchev–Trinajstić information content (AvgIpc) is 2.90. The molecule has 2 aromatic rings. The molecular formula is C15H18N4.